The Morgan fingerprint density at radius 2 is 2.00 bits per heavy atom. The smallest absolute Gasteiger partial charge is 0.354 e. The molecule has 0 aliphatic carbocycles. The molecule has 6 heteroatoms. The van der Waals surface area contributed by atoms with E-state index < -0.39 is 11.0 Å². The van der Waals surface area contributed by atoms with Crippen LogP contribution in [-0.2, 0) is 23.8 Å². The summed E-state index contributed by atoms with van der Waals surface area (Å²) in [6.07, 6.45) is 0.518. The summed E-state index contributed by atoms with van der Waals surface area (Å²) in [4.78, 5) is 23.2. The van der Waals surface area contributed by atoms with E-state index in [4.69, 9.17) is 25.8 Å². The van der Waals surface area contributed by atoms with Crippen LogP contribution in [-0.4, -0.2) is 36.3 Å². The predicted octanol–water partition coefficient (Wildman–Crippen LogP) is 3.13. The highest BCUT2D eigenvalue weighted by Crippen LogP contribution is 2.43. The second-order valence-electron chi connectivity index (χ2n) is 6.26. The van der Waals surface area contributed by atoms with Gasteiger partial charge in [0.2, 0.25) is 5.06 Å². The molecule has 0 bridgehead atoms. The van der Waals surface area contributed by atoms with Gasteiger partial charge in [0.25, 0.3) is 0 Å². The average molecular weight is 335 g/mol. The molecule has 5 nitrogen and oxygen atoms in total. The molecule has 1 fully saturated rings. The minimum absolute atomic E-state index is 0.0746. The van der Waals surface area contributed by atoms with Gasteiger partial charge in [0, 0.05) is 19.3 Å². The summed E-state index contributed by atoms with van der Waals surface area (Å²) in [5.41, 5.74) is 0. The number of ether oxygens (including phenoxy) is 3. The molecule has 1 aliphatic rings. The van der Waals surface area contributed by atoms with E-state index >= 15 is 0 Å². The zero-order chi connectivity index (χ0) is 17.1. The molecule has 0 aromatic carbocycles. The zero-order valence-electron chi connectivity index (χ0n) is 14.2. The van der Waals surface area contributed by atoms with Gasteiger partial charge in [0.15, 0.2) is 0 Å². The van der Waals surface area contributed by atoms with Crippen molar-refractivity contribution in [2.45, 2.75) is 64.7 Å². The molecule has 1 saturated heterocycles. The minimum Gasteiger partial charge on any atom is -0.466 e. The molecule has 1 rings (SSSR count). The first-order valence-corrected chi connectivity index (χ1v) is 8.16. The van der Waals surface area contributed by atoms with Crippen molar-refractivity contribution in [3.63, 3.8) is 0 Å². The Bertz CT molecular complexity index is 413. The largest absolute Gasteiger partial charge is 0.466 e. The maximum atomic E-state index is 12.0. The van der Waals surface area contributed by atoms with Crippen LogP contribution in [0.3, 0.4) is 0 Å². The number of rotatable bonds is 5. The fourth-order valence-corrected chi connectivity index (χ4v) is 3.58. The Morgan fingerprint density at radius 3 is 2.45 bits per heavy atom. The highest BCUT2D eigenvalue weighted by molar-refractivity contribution is 6.32. The Kier molecular flexibility index (Phi) is 6.68. The van der Waals surface area contributed by atoms with Crippen LogP contribution in [0.1, 0.15) is 47.5 Å². The number of hydrogen-bond acceptors (Lipinski definition) is 5. The third-order valence-electron chi connectivity index (χ3n) is 4.64. The number of halogens is 1. The monoisotopic (exact) mass is 334 g/mol. The van der Waals surface area contributed by atoms with Crippen molar-refractivity contribution in [2.75, 3.05) is 7.11 Å². The van der Waals surface area contributed by atoms with E-state index in [1.807, 2.05) is 20.8 Å². The normalized spacial score (nSPS) is 34.6. The van der Waals surface area contributed by atoms with E-state index in [1.165, 1.54) is 14.0 Å². The van der Waals surface area contributed by atoms with Gasteiger partial charge in [-0.25, -0.2) is 4.79 Å². The number of carbonyl (C=O) groups excluding carboxylic acids is 2. The number of esters is 2. The number of alkyl halides is 1. The molecule has 0 spiro atoms. The molecule has 0 aromatic rings. The molecule has 22 heavy (non-hydrogen) atoms. The van der Waals surface area contributed by atoms with Crippen LogP contribution in [0.5, 0.6) is 0 Å². The van der Waals surface area contributed by atoms with Gasteiger partial charge in [0.1, 0.15) is 6.10 Å². The lowest BCUT2D eigenvalue weighted by Gasteiger charge is -2.45. The van der Waals surface area contributed by atoms with E-state index in [0.29, 0.717) is 12.8 Å². The van der Waals surface area contributed by atoms with Crippen LogP contribution in [0, 0.1) is 17.8 Å². The van der Waals surface area contributed by atoms with Crippen molar-refractivity contribution in [3.8, 4) is 0 Å². The first-order chi connectivity index (χ1) is 10.2. The summed E-state index contributed by atoms with van der Waals surface area (Å²) < 4.78 is 16.1. The summed E-state index contributed by atoms with van der Waals surface area (Å²) in [5.74, 6) is -0.593. The molecular weight excluding hydrogens is 308 g/mol. The minimum atomic E-state index is -1.46. The van der Waals surface area contributed by atoms with Gasteiger partial charge in [0.05, 0.1) is 13.2 Å². The van der Waals surface area contributed by atoms with Crippen LogP contribution in [0.25, 0.3) is 0 Å². The summed E-state index contributed by atoms with van der Waals surface area (Å²) >= 11 is 6.37. The molecule has 1 heterocycles. The second kappa shape index (κ2) is 7.64. The zero-order valence-corrected chi connectivity index (χ0v) is 15.0. The average Bonchev–Trinajstić information content (AvgIpc) is 2.46. The summed E-state index contributed by atoms with van der Waals surface area (Å²) in [5, 5.41) is -1.46. The van der Waals surface area contributed by atoms with E-state index in [-0.39, 0.29) is 35.9 Å². The molecule has 0 N–H and O–H groups in total. The first kappa shape index (κ1) is 19.2. The Morgan fingerprint density at radius 1 is 1.41 bits per heavy atom. The molecule has 0 radical (unpaired) electrons. The molecule has 1 unspecified atom stereocenters. The van der Waals surface area contributed by atoms with Gasteiger partial charge in [-0.3, -0.25) is 4.79 Å². The molecule has 0 amide bonds. The number of carbonyl (C=O) groups is 2. The van der Waals surface area contributed by atoms with Gasteiger partial charge < -0.3 is 14.2 Å². The van der Waals surface area contributed by atoms with E-state index in [0.717, 1.165) is 0 Å². The molecule has 0 saturated carbocycles. The third kappa shape index (κ3) is 4.13. The van der Waals surface area contributed by atoms with Gasteiger partial charge in [-0.1, -0.05) is 39.3 Å². The topological polar surface area (TPSA) is 61.8 Å². The highest BCUT2D eigenvalue weighted by Gasteiger charge is 2.51. The SMILES string of the molecule is CC[C@@H](OC(C)=O)[C@@H](C)C1O[C@](Cl)(C(=O)OC)C[C@@H](C)[C@H]1C. The van der Waals surface area contributed by atoms with Crippen LogP contribution < -0.4 is 0 Å². The van der Waals surface area contributed by atoms with Crippen LogP contribution in [0.4, 0.5) is 0 Å². The standard InChI is InChI=1S/C16H27ClO5/c1-7-13(21-12(5)18)11(4)14-10(3)9(2)8-16(17,22-14)15(19)20-6/h9-11,13-14H,7-8H2,1-6H3/t9-,10-,11-,13-,14?,16+/m1/s1. The number of methoxy groups -OCH3 is 1. The van der Waals surface area contributed by atoms with E-state index in [9.17, 15) is 9.59 Å². The third-order valence-corrected chi connectivity index (χ3v) is 5.04. The van der Waals surface area contributed by atoms with Crippen molar-refractivity contribution in [1.29, 1.82) is 0 Å². The lowest BCUT2D eigenvalue weighted by atomic mass is 9.77. The Hall–Kier alpha value is -0.810. The fourth-order valence-electron chi connectivity index (χ4n) is 3.15. The van der Waals surface area contributed by atoms with Crippen molar-refractivity contribution in [3.05, 3.63) is 0 Å². The Balaban J connectivity index is 2.98. The maximum Gasteiger partial charge on any atom is 0.354 e. The molecule has 128 valence electrons. The highest BCUT2D eigenvalue weighted by atomic mass is 35.5. The van der Waals surface area contributed by atoms with Gasteiger partial charge in [-0.2, -0.15) is 0 Å². The van der Waals surface area contributed by atoms with Crippen LogP contribution in [0.2, 0.25) is 0 Å². The molecule has 1 aliphatic heterocycles. The van der Waals surface area contributed by atoms with E-state index in [2.05, 4.69) is 6.92 Å². The van der Waals surface area contributed by atoms with Gasteiger partial charge >= 0.3 is 11.9 Å². The second-order valence-corrected chi connectivity index (χ2v) is 6.87. The van der Waals surface area contributed by atoms with Crippen LogP contribution in [0.15, 0.2) is 0 Å². The molecule has 6 atom stereocenters. The van der Waals surface area contributed by atoms with Crippen molar-refractivity contribution < 1.29 is 23.8 Å². The summed E-state index contributed by atoms with van der Waals surface area (Å²) in [6.45, 7) is 9.42. The van der Waals surface area contributed by atoms with Gasteiger partial charge in [-0.05, 0) is 18.3 Å². The van der Waals surface area contributed by atoms with Crippen LogP contribution >= 0.6 is 11.6 Å². The fraction of sp³-hybridized carbons (Fsp3) is 0.875. The first-order valence-electron chi connectivity index (χ1n) is 7.78. The van der Waals surface area contributed by atoms with Crippen molar-refractivity contribution in [2.24, 2.45) is 17.8 Å². The molecular formula is C16H27ClO5. The number of hydrogen-bond donors (Lipinski definition) is 0. The molecule has 0 aromatic heterocycles. The summed E-state index contributed by atoms with van der Waals surface area (Å²) in [7, 11) is 1.30. The van der Waals surface area contributed by atoms with Gasteiger partial charge in [-0.15, -0.1) is 0 Å². The Labute approximate surface area is 137 Å². The quantitative estimate of drug-likeness (QED) is 0.571. The lowest BCUT2D eigenvalue weighted by molar-refractivity contribution is -0.196. The predicted molar refractivity (Wildman–Crippen MR) is 83.4 cm³/mol. The van der Waals surface area contributed by atoms with Crippen molar-refractivity contribution in [1.82, 2.24) is 0 Å². The lowest BCUT2D eigenvalue weighted by Crippen LogP contribution is -2.53. The van der Waals surface area contributed by atoms with E-state index in [1.54, 1.807) is 0 Å². The summed E-state index contributed by atoms with van der Waals surface area (Å²) in [6, 6.07) is 0. The maximum absolute atomic E-state index is 12.0. The van der Waals surface area contributed by atoms with Crippen molar-refractivity contribution >= 4 is 23.5 Å².